The minimum atomic E-state index is -0.937. The number of carbonyl (C=O) groups excluding carboxylic acids is 1. The van der Waals surface area contributed by atoms with Gasteiger partial charge in [0.2, 0.25) is 0 Å². The standard InChI is InChI=1S/C12H15ClN2O3/c1-3-15(8(2)7-11(16)17)12(18)9-5-4-6-10(13)14-9/h4-6,8H,3,7H2,1-2H3,(H,16,17). The van der Waals surface area contributed by atoms with E-state index in [1.807, 2.05) is 0 Å². The number of hydrogen-bond acceptors (Lipinski definition) is 3. The van der Waals surface area contributed by atoms with Crippen molar-refractivity contribution in [2.24, 2.45) is 0 Å². The zero-order chi connectivity index (χ0) is 13.7. The second-order valence-electron chi connectivity index (χ2n) is 3.88. The van der Waals surface area contributed by atoms with E-state index >= 15 is 0 Å². The van der Waals surface area contributed by atoms with Gasteiger partial charge in [-0.15, -0.1) is 0 Å². The van der Waals surface area contributed by atoms with E-state index in [-0.39, 0.29) is 29.2 Å². The monoisotopic (exact) mass is 270 g/mol. The van der Waals surface area contributed by atoms with E-state index in [0.717, 1.165) is 0 Å². The number of halogens is 1. The number of aliphatic carboxylic acids is 1. The molecule has 0 fully saturated rings. The average molecular weight is 271 g/mol. The molecule has 1 unspecified atom stereocenters. The second kappa shape index (κ2) is 6.35. The Hall–Kier alpha value is -1.62. The van der Waals surface area contributed by atoms with Crippen LogP contribution in [0.25, 0.3) is 0 Å². The van der Waals surface area contributed by atoms with Gasteiger partial charge in [-0.25, -0.2) is 4.98 Å². The molecule has 1 aromatic rings. The van der Waals surface area contributed by atoms with E-state index in [4.69, 9.17) is 16.7 Å². The fourth-order valence-electron chi connectivity index (χ4n) is 1.69. The molecule has 0 aromatic carbocycles. The van der Waals surface area contributed by atoms with E-state index in [2.05, 4.69) is 4.98 Å². The molecule has 0 bridgehead atoms. The van der Waals surface area contributed by atoms with Crippen LogP contribution in [0.3, 0.4) is 0 Å². The number of rotatable bonds is 5. The van der Waals surface area contributed by atoms with Gasteiger partial charge in [-0.2, -0.15) is 0 Å². The first kappa shape index (κ1) is 14.4. The molecular formula is C12H15ClN2O3. The first-order valence-electron chi connectivity index (χ1n) is 5.61. The molecule has 1 aromatic heterocycles. The van der Waals surface area contributed by atoms with Crippen LogP contribution in [0.2, 0.25) is 5.15 Å². The van der Waals surface area contributed by atoms with Crippen LogP contribution in [-0.4, -0.2) is 39.5 Å². The topological polar surface area (TPSA) is 70.5 Å². The SMILES string of the molecule is CCN(C(=O)c1cccc(Cl)n1)C(C)CC(=O)O. The zero-order valence-corrected chi connectivity index (χ0v) is 11.0. The van der Waals surface area contributed by atoms with Gasteiger partial charge in [0.25, 0.3) is 5.91 Å². The highest BCUT2D eigenvalue weighted by Gasteiger charge is 2.22. The van der Waals surface area contributed by atoms with E-state index in [9.17, 15) is 9.59 Å². The molecule has 1 N–H and O–H groups in total. The van der Waals surface area contributed by atoms with Crippen molar-refractivity contribution >= 4 is 23.5 Å². The van der Waals surface area contributed by atoms with Gasteiger partial charge in [-0.3, -0.25) is 9.59 Å². The van der Waals surface area contributed by atoms with Crippen LogP contribution in [0, 0.1) is 0 Å². The second-order valence-corrected chi connectivity index (χ2v) is 4.27. The molecule has 6 heteroatoms. The van der Waals surface area contributed by atoms with E-state index < -0.39 is 5.97 Å². The number of pyridine rings is 1. The number of nitrogens with zero attached hydrogens (tertiary/aromatic N) is 2. The molecule has 1 atom stereocenters. The van der Waals surface area contributed by atoms with Crippen molar-refractivity contribution in [3.05, 3.63) is 29.0 Å². The van der Waals surface area contributed by atoms with Gasteiger partial charge >= 0.3 is 5.97 Å². The number of carboxylic acids is 1. The van der Waals surface area contributed by atoms with Crippen molar-refractivity contribution < 1.29 is 14.7 Å². The Morgan fingerprint density at radius 2 is 2.17 bits per heavy atom. The van der Waals surface area contributed by atoms with Crippen LogP contribution in [0.1, 0.15) is 30.8 Å². The Bertz CT molecular complexity index is 451. The summed E-state index contributed by atoms with van der Waals surface area (Å²) in [5, 5.41) is 8.99. The Labute approximate surface area is 110 Å². The number of carbonyl (C=O) groups is 2. The molecule has 0 radical (unpaired) electrons. The molecule has 0 saturated heterocycles. The molecular weight excluding hydrogens is 256 g/mol. The molecule has 0 aliphatic carbocycles. The molecule has 0 aliphatic rings. The lowest BCUT2D eigenvalue weighted by atomic mass is 10.2. The molecule has 1 amide bonds. The van der Waals surface area contributed by atoms with Crippen LogP contribution in [0.4, 0.5) is 0 Å². The lowest BCUT2D eigenvalue weighted by Gasteiger charge is -2.26. The Morgan fingerprint density at radius 1 is 1.50 bits per heavy atom. The molecule has 5 nitrogen and oxygen atoms in total. The normalized spacial score (nSPS) is 11.9. The van der Waals surface area contributed by atoms with Crippen molar-refractivity contribution in [3.63, 3.8) is 0 Å². The lowest BCUT2D eigenvalue weighted by molar-refractivity contribution is -0.138. The van der Waals surface area contributed by atoms with Crippen LogP contribution in [0.5, 0.6) is 0 Å². The van der Waals surface area contributed by atoms with Gasteiger partial charge in [0, 0.05) is 12.6 Å². The summed E-state index contributed by atoms with van der Waals surface area (Å²) in [7, 11) is 0. The Kier molecular flexibility index (Phi) is 5.09. The third-order valence-electron chi connectivity index (χ3n) is 2.54. The maximum absolute atomic E-state index is 12.2. The summed E-state index contributed by atoms with van der Waals surface area (Å²) in [5.41, 5.74) is 0.224. The number of aromatic nitrogens is 1. The summed E-state index contributed by atoms with van der Waals surface area (Å²) < 4.78 is 0. The molecule has 0 aliphatic heterocycles. The summed E-state index contributed by atoms with van der Waals surface area (Å²) in [6.07, 6.45) is -0.0971. The molecule has 0 saturated carbocycles. The number of amides is 1. The van der Waals surface area contributed by atoms with E-state index in [1.165, 1.54) is 4.90 Å². The highest BCUT2D eigenvalue weighted by molar-refractivity contribution is 6.29. The molecule has 98 valence electrons. The summed E-state index contributed by atoms with van der Waals surface area (Å²) in [6.45, 7) is 3.91. The maximum Gasteiger partial charge on any atom is 0.305 e. The Balaban J connectivity index is 2.88. The predicted molar refractivity (Wildman–Crippen MR) is 67.7 cm³/mol. The molecule has 1 rings (SSSR count). The van der Waals surface area contributed by atoms with Crippen molar-refractivity contribution in [1.29, 1.82) is 0 Å². The largest absolute Gasteiger partial charge is 0.481 e. The van der Waals surface area contributed by atoms with Crippen molar-refractivity contribution in [2.45, 2.75) is 26.3 Å². The predicted octanol–water partition coefficient (Wildman–Crippen LogP) is 2.06. The minimum absolute atomic E-state index is 0.0971. The highest BCUT2D eigenvalue weighted by atomic mass is 35.5. The van der Waals surface area contributed by atoms with Gasteiger partial charge < -0.3 is 10.0 Å². The van der Waals surface area contributed by atoms with E-state index in [0.29, 0.717) is 6.54 Å². The van der Waals surface area contributed by atoms with Gasteiger partial charge in [0.1, 0.15) is 10.8 Å². The summed E-state index contributed by atoms with van der Waals surface area (Å²) in [5.74, 6) is -1.25. The Morgan fingerprint density at radius 3 is 2.67 bits per heavy atom. The average Bonchev–Trinajstić information content (AvgIpc) is 2.28. The summed E-state index contributed by atoms with van der Waals surface area (Å²) in [4.78, 5) is 28.2. The van der Waals surface area contributed by atoms with Crippen molar-refractivity contribution in [2.75, 3.05) is 6.54 Å². The van der Waals surface area contributed by atoms with E-state index in [1.54, 1.807) is 32.0 Å². The van der Waals surface area contributed by atoms with Gasteiger partial charge in [-0.05, 0) is 26.0 Å². The van der Waals surface area contributed by atoms with Crippen molar-refractivity contribution in [1.82, 2.24) is 9.88 Å². The maximum atomic E-state index is 12.2. The molecule has 1 heterocycles. The first-order chi connectivity index (χ1) is 8.45. The smallest absolute Gasteiger partial charge is 0.305 e. The quantitative estimate of drug-likeness (QED) is 0.832. The van der Waals surface area contributed by atoms with Gasteiger partial charge in [0.05, 0.1) is 6.42 Å². The molecule has 18 heavy (non-hydrogen) atoms. The van der Waals surface area contributed by atoms with Crippen LogP contribution >= 0.6 is 11.6 Å². The molecule has 0 spiro atoms. The summed E-state index contributed by atoms with van der Waals surface area (Å²) in [6, 6.07) is 4.39. The summed E-state index contributed by atoms with van der Waals surface area (Å²) >= 11 is 5.72. The fourth-order valence-corrected chi connectivity index (χ4v) is 1.86. The van der Waals surface area contributed by atoms with Gasteiger partial charge in [0.15, 0.2) is 0 Å². The third-order valence-corrected chi connectivity index (χ3v) is 2.75. The van der Waals surface area contributed by atoms with Crippen LogP contribution in [0.15, 0.2) is 18.2 Å². The third kappa shape index (κ3) is 3.70. The number of carboxylic acid groups (broad SMARTS) is 1. The minimum Gasteiger partial charge on any atom is -0.481 e. The lowest BCUT2D eigenvalue weighted by Crippen LogP contribution is -2.40. The first-order valence-corrected chi connectivity index (χ1v) is 5.98. The fraction of sp³-hybridized carbons (Fsp3) is 0.417. The number of hydrogen-bond donors (Lipinski definition) is 1. The highest BCUT2D eigenvalue weighted by Crippen LogP contribution is 2.11. The van der Waals surface area contributed by atoms with Crippen molar-refractivity contribution in [3.8, 4) is 0 Å². The van der Waals surface area contributed by atoms with Crippen LogP contribution in [-0.2, 0) is 4.79 Å². The van der Waals surface area contributed by atoms with Gasteiger partial charge in [-0.1, -0.05) is 17.7 Å². The zero-order valence-electron chi connectivity index (χ0n) is 10.3. The van der Waals surface area contributed by atoms with Crippen LogP contribution < -0.4 is 0 Å².